The number of imidazole rings is 2. The van der Waals surface area contributed by atoms with Gasteiger partial charge in [-0.25, -0.2) is 14.8 Å². The molecule has 10 nitrogen and oxygen atoms in total. The Morgan fingerprint density at radius 2 is 2.00 bits per heavy atom. The van der Waals surface area contributed by atoms with Crippen molar-refractivity contribution in [3.63, 3.8) is 0 Å². The van der Waals surface area contributed by atoms with Crippen LogP contribution >= 0.6 is 0 Å². The van der Waals surface area contributed by atoms with Crippen LogP contribution in [-0.4, -0.2) is 59.8 Å². The number of carbonyl (C=O) groups is 2. The van der Waals surface area contributed by atoms with Gasteiger partial charge in [-0.15, -0.1) is 0 Å². The number of aryl methyl sites for hydroxylation is 1. The molecule has 4 N–H and O–H groups in total. The van der Waals surface area contributed by atoms with Crippen LogP contribution in [0.15, 0.2) is 18.2 Å². The van der Waals surface area contributed by atoms with Gasteiger partial charge in [0.15, 0.2) is 0 Å². The highest BCUT2D eigenvalue weighted by molar-refractivity contribution is 5.99. The van der Waals surface area contributed by atoms with Crippen LogP contribution in [0.3, 0.4) is 0 Å². The van der Waals surface area contributed by atoms with E-state index >= 15 is 0 Å². The molecule has 0 bridgehead atoms. The molecule has 186 valence electrons. The fourth-order valence-electron chi connectivity index (χ4n) is 4.60. The second-order valence-corrected chi connectivity index (χ2v) is 9.75. The third-order valence-corrected chi connectivity index (χ3v) is 6.61. The number of hydrogen-bond acceptors (Lipinski definition) is 5. The number of nitrogens with zero attached hydrogens (tertiary/aromatic N) is 4. The maximum Gasteiger partial charge on any atom is 0.326 e. The summed E-state index contributed by atoms with van der Waals surface area (Å²) in [6.07, 6.45) is 1.16. The third-order valence-electron chi connectivity index (χ3n) is 6.61. The average molecular weight is 480 g/mol. The Morgan fingerprint density at radius 1 is 1.26 bits per heavy atom. The SMILES string of the molecule is CC(=N)N1CCc2nc(C(C)c3nc4ccc(C(=O)NC(CC(C)C)C(=O)O)cc4n3C)[nH]c2C1. The van der Waals surface area contributed by atoms with Crippen molar-refractivity contribution in [3.05, 3.63) is 46.8 Å². The highest BCUT2D eigenvalue weighted by Crippen LogP contribution is 2.28. The lowest BCUT2D eigenvalue weighted by Gasteiger charge is -2.26. The van der Waals surface area contributed by atoms with E-state index in [1.807, 2.05) is 37.3 Å². The summed E-state index contributed by atoms with van der Waals surface area (Å²) >= 11 is 0. The van der Waals surface area contributed by atoms with Gasteiger partial charge in [0.05, 0.1) is 40.7 Å². The average Bonchev–Trinajstić information content (AvgIpc) is 3.38. The van der Waals surface area contributed by atoms with E-state index < -0.39 is 17.9 Å². The van der Waals surface area contributed by atoms with Crippen molar-refractivity contribution in [1.29, 1.82) is 5.41 Å². The summed E-state index contributed by atoms with van der Waals surface area (Å²) in [5, 5.41) is 20.0. The molecule has 0 saturated heterocycles. The van der Waals surface area contributed by atoms with Gasteiger partial charge >= 0.3 is 5.97 Å². The molecule has 2 aromatic heterocycles. The highest BCUT2D eigenvalue weighted by atomic mass is 16.4. The number of carboxylic acids is 1. The smallest absolute Gasteiger partial charge is 0.326 e. The zero-order valence-corrected chi connectivity index (χ0v) is 20.8. The van der Waals surface area contributed by atoms with Crippen LogP contribution in [0.5, 0.6) is 0 Å². The number of hydrogen-bond donors (Lipinski definition) is 4. The maximum absolute atomic E-state index is 12.8. The number of aromatic amines is 1. The van der Waals surface area contributed by atoms with E-state index in [9.17, 15) is 14.7 Å². The fraction of sp³-hybridized carbons (Fsp3) is 0.480. The molecule has 35 heavy (non-hydrogen) atoms. The quantitative estimate of drug-likeness (QED) is 0.303. The van der Waals surface area contributed by atoms with Crippen molar-refractivity contribution in [1.82, 2.24) is 29.7 Å². The predicted molar refractivity (Wildman–Crippen MR) is 133 cm³/mol. The molecule has 10 heteroatoms. The lowest BCUT2D eigenvalue weighted by atomic mass is 10.0. The van der Waals surface area contributed by atoms with Crippen LogP contribution in [0.1, 0.15) is 73.4 Å². The summed E-state index contributed by atoms with van der Waals surface area (Å²) in [7, 11) is 1.91. The van der Waals surface area contributed by atoms with E-state index in [0.717, 1.165) is 47.0 Å². The second kappa shape index (κ2) is 9.52. The number of carbonyl (C=O) groups excluding carboxylic acids is 1. The number of rotatable bonds is 7. The van der Waals surface area contributed by atoms with Crippen LogP contribution < -0.4 is 5.32 Å². The molecule has 1 aliphatic rings. The minimum absolute atomic E-state index is 0.104. The summed E-state index contributed by atoms with van der Waals surface area (Å²) in [5.41, 5.74) is 4.01. The fourth-order valence-corrected chi connectivity index (χ4v) is 4.60. The van der Waals surface area contributed by atoms with Gasteiger partial charge in [0.25, 0.3) is 5.91 Å². The molecule has 3 aromatic rings. The van der Waals surface area contributed by atoms with Gasteiger partial charge in [-0.1, -0.05) is 13.8 Å². The number of amidine groups is 1. The number of amides is 1. The second-order valence-electron chi connectivity index (χ2n) is 9.75. The number of carboxylic acid groups (broad SMARTS) is 1. The molecule has 0 fully saturated rings. The third kappa shape index (κ3) is 4.91. The summed E-state index contributed by atoms with van der Waals surface area (Å²) in [5.74, 6) is 0.775. The van der Waals surface area contributed by atoms with Crippen LogP contribution in [0, 0.1) is 11.3 Å². The molecule has 0 saturated carbocycles. The largest absolute Gasteiger partial charge is 0.480 e. The van der Waals surface area contributed by atoms with Crippen molar-refractivity contribution < 1.29 is 14.7 Å². The lowest BCUT2D eigenvalue weighted by Crippen LogP contribution is -2.41. The van der Waals surface area contributed by atoms with Crippen molar-refractivity contribution in [3.8, 4) is 0 Å². The summed E-state index contributed by atoms with van der Waals surface area (Å²) in [6.45, 7) is 9.13. The Balaban J connectivity index is 1.58. The Kier molecular flexibility index (Phi) is 6.64. The normalized spacial score (nSPS) is 15.2. The minimum Gasteiger partial charge on any atom is -0.480 e. The van der Waals surface area contributed by atoms with Gasteiger partial charge in [-0.05, 0) is 44.4 Å². The standard InChI is InChI=1S/C25H33N7O3/c1-13(2)10-19(25(34)35)30-24(33)16-6-7-18-21(11-16)31(5)23(29-18)14(3)22-27-17-8-9-32(15(4)26)12-20(17)28-22/h6-7,11,13-14,19,26H,8-10,12H2,1-5H3,(H,27,28)(H,30,33)(H,34,35). The molecular weight excluding hydrogens is 446 g/mol. The van der Waals surface area contributed by atoms with Crippen molar-refractivity contribution >= 4 is 28.7 Å². The molecule has 1 aliphatic heterocycles. The lowest BCUT2D eigenvalue weighted by molar-refractivity contribution is -0.139. The predicted octanol–water partition coefficient (Wildman–Crippen LogP) is 3.03. The Morgan fingerprint density at radius 3 is 2.66 bits per heavy atom. The first-order chi connectivity index (χ1) is 16.5. The number of fused-ring (bicyclic) bond motifs is 2. The summed E-state index contributed by atoms with van der Waals surface area (Å²) in [4.78, 5) is 39.4. The highest BCUT2D eigenvalue weighted by Gasteiger charge is 2.26. The molecule has 0 aliphatic carbocycles. The Labute approximate surface area is 204 Å². The zero-order chi connectivity index (χ0) is 25.4. The van der Waals surface area contributed by atoms with Crippen molar-refractivity contribution in [2.45, 2.75) is 59.0 Å². The first-order valence-corrected chi connectivity index (χ1v) is 11.9. The van der Waals surface area contributed by atoms with E-state index in [4.69, 9.17) is 15.4 Å². The van der Waals surface area contributed by atoms with Gasteiger partial charge in [0.1, 0.15) is 17.7 Å². The minimum atomic E-state index is -1.04. The Hall–Kier alpha value is -3.69. The first-order valence-electron chi connectivity index (χ1n) is 11.9. The molecule has 1 amide bonds. The van der Waals surface area contributed by atoms with Crippen molar-refractivity contribution in [2.24, 2.45) is 13.0 Å². The van der Waals surface area contributed by atoms with E-state index in [0.29, 0.717) is 24.4 Å². The van der Waals surface area contributed by atoms with Crippen LogP contribution in [0.2, 0.25) is 0 Å². The molecule has 0 spiro atoms. The molecular formula is C25H33N7O3. The van der Waals surface area contributed by atoms with Crippen LogP contribution in [-0.2, 0) is 24.8 Å². The maximum atomic E-state index is 12.8. The van der Waals surface area contributed by atoms with E-state index in [1.54, 1.807) is 25.1 Å². The van der Waals surface area contributed by atoms with Gasteiger partial charge in [-0.3, -0.25) is 10.2 Å². The molecule has 3 heterocycles. The van der Waals surface area contributed by atoms with E-state index in [-0.39, 0.29) is 11.8 Å². The van der Waals surface area contributed by atoms with Gasteiger partial charge in [0, 0.05) is 25.6 Å². The van der Waals surface area contributed by atoms with Gasteiger partial charge in [0.2, 0.25) is 0 Å². The van der Waals surface area contributed by atoms with Crippen molar-refractivity contribution in [2.75, 3.05) is 6.54 Å². The summed E-state index contributed by atoms with van der Waals surface area (Å²) < 4.78 is 1.95. The molecule has 2 unspecified atom stereocenters. The molecule has 4 rings (SSSR count). The monoisotopic (exact) mass is 479 g/mol. The number of nitrogens with one attached hydrogen (secondary N) is 3. The topological polar surface area (TPSA) is 140 Å². The number of aliphatic carboxylic acids is 1. The number of benzene rings is 1. The van der Waals surface area contributed by atoms with Crippen LogP contribution in [0.4, 0.5) is 0 Å². The van der Waals surface area contributed by atoms with E-state index in [1.165, 1.54) is 0 Å². The van der Waals surface area contributed by atoms with E-state index in [2.05, 4.69) is 10.3 Å². The van der Waals surface area contributed by atoms with Gasteiger partial charge < -0.3 is 24.9 Å². The van der Waals surface area contributed by atoms with Gasteiger partial charge in [-0.2, -0.15) is 0 Å². The number of H-pyrrole nitrogens is 1. The number of aromatic nitrogens is 4. The molecule has 1 aromatic carbocycles. The zero-order valence-electron chi connectivity index (χ0n) is 20.8. The summed E-state index contributed by atoms with van der Waals surface area (Å²) in [6, 6.07) is 4.28. The first kappa shape index (κ1) is 24.4. The molecule has 0 radical (unpaired) electrons. The van der Waals surface area contributed by atoms with Crippen LogP contribution in [0.25, 0.3) is 11.0 Å². The Bertz CT molecular complexity index is 1290. The molecule has 2 atom stereocenters.